The van der Waals surface area contributed by atoms with Crippen molar-refractivity contribution in [3.63, 3.8) is 0 Å². The first-order valence-corrected chi connectivity index (χ1v) is 2.69. The zero-order valence-corrected chi connectivity index (χ0v) is 4.91. The zero-order chi connectivity index (χ0) is 6.69. The number of aromatic amines is 1. The number of nitrogens with zero attached hydrogens (tertiary/aromatic N) is 1. The molecule has 1 aromatic rings. The van der Waals surface area contributed by atoms with Gasteiger partial charge in [-0.2, -0.15) is 0 Å². The molecule has 0 aliphatic heterocycles. The maximum Gasteiger partial charge on any atom is 0.0922 e. The molecule has 0 aliphatic carbocycles. The quantitative estimate of drug-likeness (QED) is 0.496. The molecule has 0 aromatic carbocycles. The van der Waals surface area contributed by atoms with Crippen molar-refractivity contribution in [2.24, 2.45) is 5.73 Å². The van der Waals surface area contributed by atoms with Gasteiger partial charge in [0, 0.05) is 6.20 Å². The van der Waals surface area contributed by atoms with E-state index in [-0.39, 0.29) is 12.6 Å². The molecule has 0 spiro atoms. The number of aliphatic hydroxyl groups is 1. The van der Waals surface area contributed by atoms with Gasteiger partial charge in [0.2, 0.25) is 0 Å². The molecule has 1 unspecified atom stereocenters. The summed E-state index contributed by atoms with van der Waals surface area (Å²) in [5.74, 6) is 0. The van der Waals surface area contributed by atoms with Crippen LogP contribution in [0.5, 0.6) is 0 Å². The third-order valence-electron chi connectivity index (χ3n) is 1.12. The van der Waals surface area contributed by atoms with E-state index in [1.165, 1.54) is 6.33 Å². The number of nitrogens with two attached hydrogens (primary N) is 1. The van der Waals surface area contributed by atoms with Gasteiger partial charge in [0.05, 0.1) is 24.7 Å². The highest BCUT2D eigenvalue weighted by molar-refractivity contribution is 5.00. The molecule has 0 saturated heterocycles. The smallest absolute Gasteiger partial charge is 0.0922 e. The Balaban J connectivity index is 2.65. The molecule has 1 aromatic heterocycles. The molecule has 4 heteroatoms. The predicted octanol–water partition coefficient (Wildman–Crippen LogP) is -0.598. The second-order valence-electron chi connectivity index (χ2n) is 1.80. The molecule has 9 heavy (non-hydrogen) atoms. The zero-order valence-electron chi connectivity index (χ0n) is 4.91. The van der Waals surface area contributed by atoms with Crippen LogP contribution in [0.1, 0.15) is 11.7 Å². The summed E-state index contributed by atoms with van der Waals surface area (Å²) < 4.78 is 0. The molecule has 0 radical (unpaired) electrons. The van der Waals surface area contributed by atoms with Crippen molar-refractivity contribution in [2.75, 3.05) is 6.61 Å². The van der Waals surface area contributed by atoms with E-state index in [4.69, 9.17) is 10.8 Å². The van der Waals surface area contributed by atoms with Crippen LogP contribution in [0.3, 0.4) is 0 Å². The summed E-state index contributed by atoms with van der Waals surface area (Å²) in [6, 6.07) is -0.326. The molecule has 1 heterocycles. The fraction of sp³-hybridized carbons (Fsp3) is 0.400. The molecule has 0 saturated carbocycles. The molecule has 1 rings (SSSR count). The van der Waals surface area contributed by atoms with E-state index in [9.17, 15) is 0 Å². The number of aliphatic hydroxyl groups excluding tert-OH is 1. The minimum absolute atomic E-state index is 0.0534. The Hall–Kier alpha value is -0.870. The van der Waals surface area contributed by atoms with Crippen molar-refractivity contribution in [3.05, 3.63) is 18.2 Å². The summed E-state index contributed by atoms with van der Waals surface area (Å²) in [4.78, 5) is 6.54. The first-order chi connectivity index (χ1) is 4.34. The van der Waals surface area contributed by atoms with Gasteiger partial charge >= 0.3 is 0 Å². The van der Waals surface area contributed by atoms with Crippen LogP contribution in [0.25, 0.3) is 0 Å². The van der Waals surface area contributed by atoms with Gasteiger partial charge < -0.3 is 15.8 Å². The van der Waals surface area contributed by atoms with Crippen molar-refractivity contribution < 1.29 is 5.11 Å². The van der Waals surface area contributed by atoms with Gasteiger partial charge in [0.15, 0.2) is 0 Å². The molecule has 0 bridgehead atoms. The first kappa shape index (κ1) is 6.25. The number of imidazole rings is 1. The number of hydrogen-bond acceptors (Lipinski definition) is 3. The van der Waals surface area contributed by atoms with E-state index < -0.39 is 0 Å². The standard InChI is InChI=1S/C5H9N3O/c6-4(2-9)5-1-7-3-8-5/h1,3-4,9H,2,6H2,(H,7,8). The lowest BCUT2D eigenvalue weighted by atomic mass is 10.3. The fourth-order valence-corrected chi connectivity index (χ4v) is 0.568. The Morgan fingerprint density at radius 2 is 2.67 bits per heavy atom. The van der Waals surface area contributed by atoms with E-state index in [1.807, 2.05) is 0 Å². The normalized spacial score (nSPS) is 13.6. The van der Waals surface area contributed by atoms with Gasteiger partial charge in [-0.25, -0.2) is 4.98 Å². The maximum atomic E-state index is 8.53. The Labute approximate surface area is 52.7 Å². The lowest BCUT2D eigenvalue weighted by Crippen LogP contribution is -2.14. The molecular formula is C5H9N3O. The largest absolute Gasteiger partial charge is 0.394 e. The van der Waals surface area contributed by atoms with Crippen LogP contribution in [0.4, 0.5) is 0 Å². The maximum absolute atomic E-state index is 8.53. The average molecular weight is 127 g/mol. The number of H-pyrrole nitrogens is 1. The number of nitrogens with one attached hydrogen (secondary N) is 1. The van der Waals surface area contributed by atoms with Crippen LogP contribution >= 0.6 is 0 Å². The minimum atomic E-state index is -0.326. The molecule has 4 N–H and O–H groups in total. The third-order valence-corrected chi connectivity index (χ3v) is 1.12. The fourth-order valence-electron chi connectivity index (χ4n) is 0.568. The van der Waals surface area contributed by atoms with Crippen LogP contribution in [0, 0.1) is 0 Å². The Bertz CT molecular complexity index is 161. The highest BCUT2D eigenvalue weighted by atomic mass is 16.3. The summed E-state index contributed by atoms with van der Waals surface area (Å²) in [6.07, 6.45) is 3.13. The van der Waals surface area contributed by atoms with E-state index in [0.29, 0.717) is 0 Å². The van der Waals surface area contributed by atoms with Crippen molar-refractivity contribution in [3.8, 4) is 0 Å². The van der Waals surface area contributed by atoms with E-state index in [2.05, 4.69) is 9.97 Å². The topological polar surface area (TPSA) is 74.9 Å². The van der Waals surface area contributed by atoms with Crippen LogP contribution in [0.2, 0.25) is 0 Å². The SMILES string of the molecule is NC(CO)c1cnc[nH]1. The van der Waals surface area contributed by atoms with Gasteiger partial charge in [-0.3, -0.25) is 0 Å². The number of rotatable bonds is 2. The summed E-state index contributed by atoms with van der Waals surface area (Å²) in [7, 11) is 0. The van der Waals surface area contributed by atoms with Gasteiger partial charge in [-0.1, -0.05) is 0 Å². The lowest BCUT2D eigenvalue weighted by Gasteiger charge is -2.01. The molecule has 50 valence electrons. The Kier molecular flexibility index (Phi) is 1.81. The summed E-state index contributed by atoms with van der Waals surface area (Å²) in [6.45, 7) is -0.0534. The van der Waals surface area contributed by atoms with Crippen LogP contribution in [-0.2, 0) is 0 Å². The second-order valence-corrected chi connectivity index (χ2v) is 1.80. The van der Waals surface area contributed by atoms with Crippen molar-refractivity contribution in [1.29, 1.82) is 0 Å². The van der Waals surface area contributed by atoms with E-state index >= 15 is 0 Å². The molecule has 1 atom stereocenters. The van der Waals surface area contributed by atoms with Crippen LogP contribution in [0.15, 0.2) is 12.5 Å². The van der Waals surface area contributed by atoms with Gasteiger partial charge in [-0.15, -0.1) is 0 Å². The van der Waals surface area contributed by atoms with E-state index in [1.54, 1.807) is 6.20 Å². The summed E-state index contributed by atoms with van der Waals surface area (Å²) >= 11 is 0. The van der Waals surface area contributed by atoms with E-state index in [0.717, 1.165) is 5.69 Å². The van der Waals surface area contributed by atoms with Crippen molar-refractivity contribution in [1.82, 2.24) is 9.97 Å². The molecule has 0 amide bonds. The first-order valence-electron chi connectivity index (χ1n) is 2.69. The van der Waals surface area contributed by atoms with Crippen molar-refractivity contribution in [2.45, 2.75) is 6.04 Å². The molecule has 0 fully saturated rings. The average Bonchev–Trinajstić information content (AvgIpc) is 2.37. The summed E-state index contributed by atoms with van der Waals surface area (Å²) in [5, 5.41) is 8.53. The van der Waals surface area contributed by atoms with Gasteiger partial charge in [0.1, 0.15) is 0 Å². The minimum Gasteiger partial charge on any atom is -0.394 e. The van der Waals surface area contributed by atoms with Crippen molar-refractivity contribution >= 4 is 0 Å². The molecule has 0 aliphatic rings. The molecular weight excluding hydrogens is 118 g/mol. The highest BCUT2D eigenvalue weighted by Crippen LogP contribution is 2.01. The number of aromatic nitrogens is 2. The second kappa shape index (κ2) is 2.61. The van der Waals surface area contributed by atoms with Gasteiger partial charge in [-0.05, 0) is 0 Å². The third kappa shape index (κ3) is 1.28. The molecule has 4 nitrogen and oxygen atoms in total. The Morgan fingerprint density at radius 1 is 1.89 bits per heavy atom. The van der Waals surface area contributed by atoms with Crippen LogP contribution < -0.4 is 5.73 Å². The van der Waals surface area contributed by atoms with Gasteiger partial charge in [0.25, 0.3) is 0 Å². The summed E-state index contributed by atoms with van der Waals surface area (Å²) in [5.41, 5.74) is 6.18. The van der Waals surface area contributed by atoms with Crippen LogP contribution in [-0.4, -0.2) is 21.7 Å². The highest BCUT2D eigenvalue weighted by Gasteiger charge is 2.02. The lowest BCUT2D eigenvalue weighted by molar-refractivity contribution is 0.266. The Morgan fingerprint density at radius 3 is 3.11 bits per heavy atom. The monoisotopic (exact) mass is 127 g/mol. The number of hydrogen-bond donors (Lipinski definition) is 3. The predicted molar refractivity (Wildman–Crippen MR) is 32.6 cm³/mol.